The fraction of sp³-hybridized carbons (Fsp3) is 0.148. The van der Waals surface area contributed by atoms with Gasteiger partial charge in [0.2, 0.25) is 0 Å². The third-order valence-electron chi connectivity index (χ3n) is 5.73. The summed E-state index contributed by atoms with van der Waals surface area (Å²) in [5.41, 5.74) is 2.04. The molecule has 1 atom stereocenters. The van der Waals surface area contributed by atoms with Crippen LogP contribution in [0.4, 0.5) is 0 Å². The Bertz CT molecular complexity index is 1680. The Labute approximate surface area is 224 Å². The smallest absolute Gasteiger partial charge is 0.338 e. The molecule has 4 aromatic rings. The number of allylic oxidation sites excluding steroid dienone is 1. The second-order valence-corrected chi connectivity index (χ2v) is 10.4. The van der Waals surface area contributed by atoms with Crippen LogP contribution in [0.15, 0.2) is 90.6 Å². The molecule has 0 fully saturated rings. The van der Waals surface area contributed by atoms with Crippen molar-refractivity contribution in [2.24, 2.45) is 4.99 Å². The number of aromatic nitrogens is 1. The van der Waals surface area contributed by atoms with E-state index in [-0.39, 0.29) is 17.7 Å². The molecule has 0 N–H and O–H groups in total. The zero-order chi connectivity index (χ0) is 25.4. The highest BCUT2D eigenvalue weighted by molar-refractivity contribution is 9.10. The number of thiazole rings is 1. The molecule has 2 aromatic carbocycles. The van der Waals surface area contributed by atoms with Crippen molar-refractivity contribution in [3.05, 3.63) is 112 Å². The summed E-state index contributed by atoms with van der Waals surface area (Å²) in [7, 11) is 0. The van der Waals surface area contributed by atoms with Crippen LogP contribution in [0.3, 0.4) is 0 Å². The van der Waals surface area contributed by atoms with Gasteiger partial charge in [0.25, 0.3) is 5.56 Å². The fourth-order valence-corrected chi connectivity index (χ4v) is 5.56. The molecule has 0 unspecified atom stereocenters. The van der Waals surface area contributed by atoms with Gasteiger partial charge in [-0.05, 0) is 55.8 Å². The Morgan fingerprint density at radius 1 is 1.19 bits per heavy atom. The van der Waals surface area contributed by atoms with E-state index in [0.717, 1.165) is 15.6 Å². The average molecular weight is 584 g/mol. The van der Waals surface area contributed by atoms with E-state index in [0.29, 0.717) is 31.6 Å². The van der Waals surface area contributed by atoms with Gasteiger partial charge in [-0.25, -0.2) is 9.79 Å². The number of carbonyl (C=O) groups is 1. The zero-order valence-corrected chi connectivity index (χ0v) is 22.5. The van der Waals surface area contributed by atoms with Crippen LogP contribution in [0.1, 0.15) is 31.2 Å². The molecule has 0 saturated carbocycles. The van der Waals surface area contributed by atoms with E-state index in [4.69, 9.17) is 20.8 Å². The molecule has 0 radical (unpaired) electrons. The summed E-state index contributed by atoms with van der Waals surface area (Å²) in [6, 6.07) is 17.8. The van der Waals surface area contributed by atoms with Crippen LogP contribution in [0.2, 0.25) is 5.02 Å². The Hall–Kier alpha value is -3.20. The maximum Gasteiger partial charge on any atom is 0.338 e. The zero-order valence-electron chi connectivity index (χ0n) is 19.3. The molecule has 0 amide bonds. The summed E-state index contributed by atoms with van der Waals surface area (Å²) in [5.74, 6) is 0.523. The number of esters is 1. The third-order valence-corrected chi connectivity index (χ3v) is 7.59. The lowest BCUT2D eigenvalue weighted by atomic mass is 10.0. The first kappa shape index (κ1) is 24.5. The van der Waals surface area contributed by atoms with Gasteiger partial charge in [-0.15, -0.1) is 0 Å². The van der Waals surface area contributed by atoms with E-state index in [1.54, 1.807) is 32.1 Å². The molecule has 0 bridgehead atoms. The van der Waals surface area contributed by atoms with Crippen LogP contribution in [0, 0.1) is 0 Å². The number of rotatable bonds is 5. The van der Waals surface area contributed by atoms with Crippen LogP contribution in [0.5, 0.6) is 0 Å². The second kappa shape index (κ2) is 10.0. The number of hydrogen-bond acceptors (Lipinski definition) is 6. The van der Waals surface area contributed by atoms with Gasteiger partial charge in [0.15, 0.2) is 4.80 Å². The van der Waals surface area contributed by atoms with E-state index in [9.17, 15) is 9.59 Å². The number of furan rings is 1. The Kier molecular flexibility index (Phi) is 6.83. The number of benzene rings is 2. The van der Waals surface area contributed by atoms with Crippen molar-refractivity contribution < 1.29 is 13.9 Å². The van der Waals surface area contributed by atoms with E-state index in [2.05, 4.69) is 20.9 Å². The lowest BCUT2D eigenvalue weighted by molar-refractivity contribution is -0.139. The minimum absolute atomic E-state index is 0.196. The number of hydrogen-bond donors (Lipinski definition) is 0. The fourth-order valence-electron chi connectivity index (χ4n) is 4.06. The van der Waals surface area contributed by atoms with Gasteiger partial charge in [0, 0.05) is 15.1 Å². The maximum atomic E-state index is 13.7. The molecular weight excluding hydrogens is 564 g/mol. The van der Waals surface area contributed by atoms with Crippen molar-refractivity contribution in [2.45, 2.75) is 19.9 Å². The summed E-state index contributed by atoms with van der Waals surface area (Å²) in [5, 5.41) is 0.536. The molecule has 0 saturated heterocycles. The van der Waals surface area contributed by atoms with Crippen LogP contribution in [-0.2, 0) is 9.53 Å². The first-order valence-corrected chi connectivity index (χ1v) is 13.2. The Balaban J connectivity index is 1.70. The summed E-state index contributed by atoms with van der Waals surface area (Å²) in [6.45, 7) is 3.67. The minimum atomic E-state index is -0.821. The van der Waals surface area contributed by atoms with Crippen molar-refractivity contribution in [3.63, 3.8) is 0 Å². The topological polar surface area (TPSA) is 73.8 Å². The van der Waals surface area contributed by atoms with E-state index in [1.807, 2.05) is 48.5 Å². The second-order valence-electron chi connectivity index (χ2n) is 8.03. The summed E-state index contributed by atoms with van der Waals surface area (Å²) in [4.78, 5) is 31.8. The van der Waals surface area contributed by atoms with Crippen molar-refractivity contribution in [3.8, 4) is 11.3 Å². The average Bonchev–Trinajstić information content (AvgIpc) is 3.45. The van der Waals surface area contributed by atoms with Gasteiger partial charge in [0.05, 0.1) is 22.4 Å². The molecule has 6 nitrogen and oxygen atoms in total. The SMILES string of the molecule is CCOC(=O)C1=C(C)N=c2s/c(=C\c3ccccc3Cl)c(=O)n2[C@H]1c1ccc(-c2ccc(Br)cc2)o1. The molecular formula is C27H20BrClN2O4S. The van der Waals surface area contributed by atoms with E-state index < -0.39 is 12.0 Å². The number of nitrogens with zero attached hydrogens (tertiary/aromatic N) is 2. The van der Waals surface area contributed by atoms with Crippen molar-refractivity contribution in [1.29, 1.82) is 0 Å². The van der Waals surface area contributed by atoms with Gasteiger partial charge in [-0.3, -0.25) is 9.36 Å². The Morgan fingerprint density at radius 2 is 1.94 bits per heavy atom. The predicted molar refractivity (Wildman–Crippen MR) is 144 cm³/mol. The number of fused-ring (bicyclic) bond motifs is 1. The highest BCUT2D eigenvalue weighted by Crippen LogP contribution is 2.34. The molecule has 1 aliphatic rings. The number of ether oxygens (including phenoxy) is 1. The van der Waals surface area contributed by atoms with E-state index in [1.165, 1.54) is 15.9 Å². The molecule has 3 heterocycles. The third kappa shape index (κ3) is 4.52. The molecule has 9 heteroatoms. The number of halogens is 2. The van der Waals surface area contributed by atoms with Crippen molar-refractivity contribution in [2.75, 3.05) is 6.61 Å². The number of carbonyl (C=O) groups excluding carboxylic acids is 1. The van der Waals surface area contributed by atoms with Gasteiger partial charge < -0.3 is 9.15 Å². The quantitative estimate of drug-likeness (QED) is 0.292. The molecule has 1 aliphatic heterocycles. The summed E-state index contributed by atoms with van der Waals surface area (Å²) in [6.07, 6.45) is 1.74. The van der Waals surface area contributed by atoms with Gasteiger partial charge in [-0.2, -0.15) is 0 Å². The van der Waals surface area contributed by atoms with Crippen molar-refractivity contribution >= 4 is 50.9 Å². The van der Waals surface area contributed by atoms with Gasteiger partial charge in [0.1, 0.15) is 17.6 Å². The standard InChI is InChI=1S/C27H20BrClN2O4S/c1-3-34-26(33)23-15(2)30-27-31(25(32)22(36-27)14-17-6-4-5-7-19(17)29)24(23)21-13-12-20(35-21)16-8-10-18(28)11-9-16/h4-14,24H,3H2,1-2H3/b22-14-/t24-/m0/s1. The van der Waals surface area contributed by atoms with Crippen LogP contribution < -0.4 is 14.9 Å². The highest BCUT2D eigenvalue weighted by atomic mass is 79.9. The first-order chi connectivity index (χ1) is 17.4. The van der Waals surface area contributed by atoms with Crippen LogP contribution >= 0.6 is 38.9 Å². The lowest BCUT2D eigenvalue weighted by Gasteiger charge is -2.22. The van der Waals surface area contributed by atoms with Gasteiger partial charge in [-0.1, -0.05) is 69.2 Å². The molecule has 5 rings (SSSR count). The van der Waals surface area contributed by atoms with Crippen LogP contribution in [-0.4, -0.2) is 17.1 Å². The molecule has 0 spiro atoms. The maximum absolute atomic E-state index is 13.7. The van der Waals surface area contributed by atoms with E-state index >= 15 is 0 Å². The minimum Gasteiger partial charge on any atom is -0.463 e. The summed E-state index contributed by atoms with van der Waals surface area (Å²) >= 11 is 11.0. The Morgan fingerprint density at radius 3 is 2.67 bits per heavy atom. The van der Waals surface area contributed by atoms with Crippen molar-refractivity contribution in [1.82, 2.24) is 4.57 Å². The molecule has 182 valence electrons. The monoisotopic (exact) mass is 582 g/mol. The van der Waals surface area contributed by atoms with Crippen LogP contribution in [0.25, 0.3) is 17.4 Å². The lowest BCUT2D eigenvalue weighted by Crippen LogP contribution is -2.39. The molecule has 2 aromatic heterocycles. The first-order valence-electron chi connectivity index (χ1n) is 11.2. The summed E-state index contributed by atoms with van der Waals surface area (Å²) < 4.78 is 14.5. The molecule has 0 aliphatic carbocycles. The molecule has 36 heavy (non-hydrogen) atoms. The predicted octanol–water partition coefficient (Wildman–Crippen LogP) is 5.47. The normalized spacial score (nSPS) is 15.6. The van der Waals surface area contributed by atoms with Gasteiger partial charge >= 0.3 is 5.97 Å². The largest absolute Gasteiger partial charge is 0.463 e. The highest BCUT2D eigenvalue weighted by Gasteiger charge is 2.35.